The summed E-state index contributed by atoms with van der Waals surface area (Å²) < 4.78 is 3.33. The van der Waals surface area contributed by atoms with E-state index in [0.29, 0.717) is 16.3 Å². The van der Waals surface area contributed by atoms with Crippen LogP contribution in [0.2, 0.25) is 0 Å². The van der Waals surface area contributed by atoms with Crippen molar-refractivity contribution in [3.8, 4) is 0 Å². The van der Waals surface area contributed by atoms with Crippen molar-refractivity contribution >= 4 is 34.3 Å². The molecule has 1 amide bonds. The number of nitrogens with zero attached hydrogens (tertiary/aromatic N) is 5. The van der Waals surface area contributed by atoms with E-state index in [9.17, 15) is 9.59 Å². The molecular weight excluding hydrogens is 376 g/mol. The number of fused-ring (bicyclic) bond motifs is 3. The molecule has 0 aliphatic carbocycles. The Morgan fingerprint density at radius 3 is 2.75 bits per heavy atom. The van der Waals surface area contributed by atoms with Crippen molar-refractivity contribution < 1.29 is 4.79 Å². The van der Waals surface area contributed by atoms with Gasteiger partial charge in [0.25, 0.3) is 5.56 Å². The summed E-state index contributed by atoms with van der Waals surface area (Å²) in [6, 6.07) is 7.63. The maximum Gasteiger partial charge on any atom is 0.262 e. The molecule has 1 aliphatic heterocycles. The van der Waals surface area contributed by atoms with Crippen LogP contribution in [0.15, 0.2) is 34.2 Å². The minimum Gasteiger partial charge on any atom is -0.353 e. The molecule has 28 heavy (non-hydrogen) atoms. The van der Waals surface area contributed by atoms with Crippen molar-refractivity contribution in [1.82, 2.24) is 29.4 Å². The number of thioether (sulfide) groups is 1. The third kappa shape index (κ3) is 3.51. The highest BCUT2D eigenvalue weighted by Crippen LogP contribution is 2.21. The number of benzene rings is 1. The smallest absolute Gasteiger partial charge is 0.262 e. The SMILES string of the molecule is CCN1CCC(NC(=O)CSc2nnc3n(C)c(=O)c4ccccc4n23)CC1. The van der Waals surface area contributed by atoms with E-state index in [1.54, 1.807) is 13.1 Å². The monoisotopic (exact) mass is 400 g/mol. The minimum atomic E-state index is -0.108. The lowest BCUT2D eigenvalue weighted by Gasteiger charge is -2.31. The number of piperidine rings is 1. The molecule has 0 saturated carbocycles. The Morgan fingerprint density at radius 2 is 2.00 bits per heavy atom. The molecule has 9 heteroatoms. The van der Waals surface area contributed by atoms with Gasteiger partial charge in [-0.2, -0.15) is 0 Å². The third-order valence-electron chi connectivity index (χ3n) is 5.33. The van der Waals surface area contributed by atoms with Crippen LogP contribution in [0.25, 0.3) is 16.7 Å². The molecular formula is C19H24N6O2S. The Morgan fingerprint density at radius 1 is 1.25 bits per heavy atom. The number of carbonyl (C=O) groups is 1. The maximum atomic E-state index is 12.5. The first-order valence-corrected chi connectivity index (χ1v) is 10.5. The number of aryl methyl sites for hydroxylation is 1. The van der Waals surface area contributed by atoms with Crippen molar-refractivity contribution in [2.24, 2.45) is 7.05 Å². The van der Waals surface area contributed by atoms with Crippen LogP contribution in [-0.2, 0) is 11.8 Å². The quantitative estimate of drug-likeness (QED) is 0.650. The molecule has 0 bridgehead atoms. The summed E-state index contributed by atoms with van der Waals surface area (Å²) in [6.07, 6.45) is 1.98. The number of rotatable bonds is 5. The first-order valence-electron chi connectivity index (χ1n) is 9.56. The molecule has 1 fully saturated rings. The zero-order valence-corrected chi connectivity index (χ0v) is 16.9. The van der Waals surface area contributed by atoms with Crippen LogP contribution in [0.5, 0.6) is 0 Å². The number of hydrogen-bond acceptors (Lipinski definition) is 6. The molecule has 0 atom stereocenters. The Bertz CT molecular complexity index is 1070. The van der Waals surface area contributed by atoms with Crippen LogP contribution < -0.4 is 10.9 Å². The first kappa shape index (κ1) is 18.9. The van der Waals surface area contributed by atoms with Crippen LogP contribution in [0.1, 0.15) is 19.8 Å². The van der Waals surface area contributed by atoms with Crippen LogP contribution in [0, 0.1) is 0 Å². The van der Waals surface area contributed by atoms with Crippen LogP contribution in [0.4, 0.5) is 0 Å². The predicted molar refractivity (Wildman–Crippen MR) is 110 cm³/mol. The molecule has 1 aromatic carbocycles. The molecule has 2 aromatic heterocycles. The number of hydrogen-bond donors (Lipinski definition) is 1. The average Bonchev–Trinajstić information content (AvgIpc) is 3.15. The van der Waals surface area contributed by atoms with Gasteiger partial charge in [-0.15, -0.1) is 10.2 Å². The van der Waals surface area contributed by atoms with E-state index in [-0.39, 0.29) is 23.3 Å². The van der Waals surface area contributed by atoms with Gasteiger partial charge < -0.3 is 10.2 Å². The average molecular weight is 401 g/mol. The minimum absolute atomic E-state index is 0.00539. The van der Waals surface area contributed by atoms with Gasteiger partial charge in [-0.1, -0.05) is 30.8 Å². The van der Waals surface area contributed by atoms with E-state index in [2.05, 4.69) is 27.3 Å². The number of carbonyl (C=O) groups excluding carboxylic acids is 1. The topological polar surface area (TPSA) is 84.5 Å². The van der Waals surface area contributed by atoms with Crippen LogP contribution >= 0.6 is 11.8 Å². The highest BCUT2D eigenvalue weighted by Gasteiger charge is 2.20. The summed E-state index contributed by atoms with van der Waals surface area (Å²) >= 11 is 1.34. The number of para-hydroxylation sites is 1. The van der Waals surface area contributed by atoms with E-state index >= 15 is 0 Å². The van der Waals surface area contributed by atoms with Gasteiger partial charge in [0.15, 0.2) is 5.16 Å². The summed E-state index contributed by atoms with van der Waals surface area (Å²) in [5.41, 5.74) is 0.642. The predicted octanol–water partition coefficient (Wildman–Crippen LogP) is 1.27. The van der Waals surface area contributed by atoms with Gasteiger partial charge in [0.05, 0.1) is 16.7 Å². The molecule has 1 aliphatic rings. The zero-order valence-electron chi connectivity index (χ0n) is 16.1. The van der Waals surface area contributed by atoms with Crippen molar-refractivity contribution in [3.63, 3.8) is 0 Å². The fraction of sp³-hybridized carbons (Fsp3) is 0.474. The number of nitrogens with one attached hydrogen (secondary N) is 1. The molecule has 8 nitrogen and oxygen atoms in total. The highest BCUT2D eigenvalue weighted by atomic mass is 32.2. The van der Waals surface area contributed by atoms with Crippen molar-refractivity contribution in [2.45, 2.75) is 31.0 Å². The Hall–Kier alpha value is -2.39. The Kier molecular flexibility index (Phi) is 5.36. The summed E-state index contributed by atoms with van der Waals surface area (Å²) in [6.45, 7) is 5.29. The standard InChI is InChI=1S/C19H24N6O2S/c1-3-24-10-8-13(9-11-24)20-16(26)12-28-19-22-21-18-23(2)17(27)14-6-4-5-7-15(14)25(18)19/h4-7,13H,3,8-12H2,1-2H3,(H,20,26). The Balaban J connectivity index is 1.50. The van der Waals surface area contributed by atoms with Gasteiger partial charge in [-0.25, -0.2) is 0 Å². The van der Waals surface area contributed by atoms with Gasteiger partial charge in [0.1, 0.15) is 0 Å². The fourth-order valence-electron chi connectivity index (χ4n) is 3.70. The zero-order chi connectivity index (χ0) is 19.7. The normalized spacial score (nSPS) is 16.1. The molecule has 1 saturated heterocycles. The summed E-state index contributed by atoms with van der Waals surface area (Å²) in [5.74, 6) is 0.746. The van der Waals surface area contributed by atoms with Crippen LogP contribution in [0.3, 0.4) is 0 Å². The molecule has 4 rings (SSSR count). The second-order valence-electron chi connectivity index (χ2n) is 7.06. The van der Waals surface area contributed by atoms with Gasteiger partial charge >= 0.3 is 0 Å². The third-order valence-corrected chi connectivity index (χ3v) is 6.26. The van der Waals surface area contributed by atoms with Gasteiger partial charge in [-0.05, 0) is 31.5 Å². The van der Waals surface area contributed by atoms with Crippen molar-refractivity contribution in [3.05, 3.63) is 34.6 Å². The van der Waals surface area contributed by atoms with Crippen molar-refractivity contribution in [2.75, 3.05) is 25.4 Å². The Labute approximate surface area is 166 Å². The van der Waals surface area contributed by atoms with E-state index in [0.717, 1.165) is 38.0 Å². The van der Waals surface area contributed by atoms with Crippen LogP contribution in [-0.4, -0.2) is 61.4 Å². The summed E-state index contributed by atoms with van der Waals surface area (Å²) in [7, 11) is 1.68. The molecule has 0 spiro atoms. The number of amides is 1. The maximum absolute atomic E-state index is 12.5. The number of aromatic nitrogens is 4. The largest absolute Gasteiger partial charge is 0.353 e. The lowest BCUT2D eigenvalue weighted by Crippen LogP contribution is -2.45. The molecule has 1 N–H and O–H groups in total. The summed E-state index contributed by atoms with van der Waals surface area (Å²) in [5, 5.41) is 12.7. The molecule has 3 aromatic rings. The second-order valence-corrected chi connectivity index (χ2v) is 8.01. The van der Waals surface area contributed by atoms with Crippen molar-refractivity contribution in [1.29, 1.82) is 0 Å². The van der Waals surface area contributed by atoms with E-state index in [1.165, 1.54) is 16.3 Å². The lowest BCUT2D eigenvalue weighted by molar-refractivity contribution is -0.119. The first-order chi connectivity index (χ1) is 13.6. The fourth-order valence-corrected chi connectivity index (χ4v) is 4.45. The highest BCUT2D eigenvalue weighted by molar-refractivity contribution is 7.99. The second kappa shape index (κ2) is 7.92. The van der Waals surface area contributed by atoms with E-state index < -0.39 is 0 Å². The summed E-state index contributed by atoms with van der Waals surface area (Å²) in [4.78, 5) is 27.3. The van der Waals surface area contributed by atoms with Gasteiger partial charge in [-0.3, -0.25) is 18.6 Å². The molecule has 0 unspecified atom stereocenters. The van der Waals surface area contributed by atoms with Gasteiger partial charge in [0.2, 0.25) is 11.7 Å². The van der Waals surface area contributed by atoms with Gasteiger partial charge in [0, 0.05) is 26.2 Å². The molecule has 3 heterocycles. The molecule has 148 valence electrons. The van der Waals surface area contributed by atoms with E-state index in [1.807, 2.05) is 22.6 Å². The molecule has 0 radical (unpaired) electrons. The lowest BCUT2D eigenvalue weighted by atomic mass is 10.1. The van der Waals surface area contributed by atoms with E-state index in [4.69, 9.17) is 0 Å². The number of likely N-dealkylation sites (tertiary alicyclic amines) is 1.